The fourth-order valence-electron chi connectivity index (χ4n) is 1.30. The first kappa shape index (κ1) is 10.7. The summed E-state index contributed by atoms with van der Waals surface area (Å²) in [6.45, 7) is 1.15. The Morgan fingerprint density at radius 3 is 2.81 bits per heavy atom. The largest absolute Gasteiger partial charge is 0.514 e. The Morgan fingerprint density at radius 1 is 1.31 bits per heavy atom. The molecule has 0 aliphatic carbocycles. The lowest BCUT2D eigenvalue weighted by atomic mass is 10.2. The first-order valence-electron chi connectivity index (χ1n) is 5.00. The third kappa shape index (κ3) is 3.10. The van der Waals surface area contributed by atoms with Crippen molar-refractivity contribution in [2.75, 3.05) is 13.2 Å². The Bertz CT molecular complexity index is 383. The molecule has 0 unspecified atom stereocenters. The van der Waals surface area contributed by atoms with Gasteiger partial charge >= 0.3 is 6.16 Å². The summed E-state index contributed by atoms with van der Waals surface area (Å²) in [6.07, 6.45) is 1.06. The van der Waals surface area contributed by atoms with Crippen LogP contribution in [0.1, 0.15) is 5.56 Å². The summed E-state index contributed by atoms with van der Waals surface area (Å²) in [7, 11) is 0. The standard InChI is InChI=1S/C12H12O4/c13-12-15-9-11(16-12)6-7-14-8-10-4-2-1-3-5-10/h1-6H,7-9H2/b11-6+. The molecule has 0 bridgehead atoms. The van der Waals surface area contributed by atoms with E-state index < -0.39 is 6.16 Å². The number of rotatable bonds is 4. The topological polar surface area (TPSA) is 44.8 Å². The van der Waals surface area contributed by atoms with Crippen LogP contribution in [-0.4, -0.2) is 19.4 Å². The summed E-state index contributed by atoms with van der Waals surface area (Å²) in [5, 5.41) is 0. The second-order valence-electron chi connectivity index (χ2n) is 3.31. The molecule has 1 aliphatic heterocycles. The predicted molar refractivity (Wildman–Crippen MR) is 56.6 cm³/mol. The van der Waals surface area contributed by atoms with Gasteiger partial charge < -0.3 is 14.2 Å². The van der Waals surface area contributed by atoms with Gasteiger partial charge in [0.1, 0.15) is 5.76 Å². The Morgan fingerprint density at radius 2 is 2.12 bits per heavy atom. The average molecular weight is 220 g/mol. The van der Waals surface area contributed by atoms with Crippen LogP contribution < -0.4 is 0 Å². The van der Waals surface area contributed by atoms with Crippen molar-refractivity contribution < 1.29 is 19.0 Å². The van der Waals surface area contributed by atoms with E-state index in [0.717, 1.165) is 5.56 Å². The minimum absolute atomic E-state index is 0.202. The highest BCUT2D eigenvalue weighted by molar-refractivity contribution is 5.64. The molecule has 0 N–H and O–H groups in total. The molecule has 4 heteroatoms. The molecule has 1 saturated heterocycles. The average Bonchev–Trinajstić information content (AvgIpc) is 2.72. The van der Waals surface area contributed by atoms with Crippen molar-refractivity contribution in [2.45, 2.75) is 6.61 Å². The summed E-state index contributed by atoms with van der Waals surface area (Å²) in [4.78, 5) is 10.6. The molecular weight excluding hydrogens is 208 g/mol. The van der Waals surface area contributed by atoms with E-state index in [4.69, 9.17) is 9.47 Å². The molecular formula is C12H12O4. The molecule has 1 aromatic rings. The third-order valence-electron chi connectivity index (χ3n) is 2.09. The number of cyclic esters (lactones) is 2. The molecule has 84 valence electrons. The van der Waals surface area contributed by atoms with Gasteiger partial charge in [-0.25, -0.2) is 4.79 Å². The SMILES string of the molecule is O=C1OC/C(=C\COCc2ccccc2)O1. The van der Waals surface area contributed by atoms with Crippen LogP contribution in [0.4, 0.5) is 4.79 Å². The Hall–Kier alpha value is -1.81. The smallest absolute Gasteiger partial charge is 0.426 e. The second-order valence-corrected chi connectivity index (χ2v) is 3.31. The zero-order chi connectivity index (χ0) is 11.2. The maximum atomic E-state index is 10.6. The molecule has 4 nitrogen and oxygen atoms in total. The van der Waals surface area contributed by atoms with Gasteiger partial charge in [0, 0.05) is 0 Å². The van der Waals surface area contributed by atoms with E-state index in [1.54, 1.807) is 6.08 Å². The lowest BCUT2D eigenvalue weighted by Gasteiger charge is -2.00. The molecule has 0 spiro atoms. The van der Waals surface area contributed by atoms with Gasteiger partial charge in [-0.15, -0.1) is 0 Å². The molecule has 1 fully saturated rings. The van der Waals surface area contributed by atoms with Gasteiger partial charge in [0.25, 0.3) is 0 Å². The monoisotopic (exact) mass is 220 g/mol. The highest BCUT2D eigenvalue weighted by Crippen LogP contribution is 2.09. The van der Waals surface area contributed by atoms with Crippen LogP contribution in [0.5, 0.6) is 0 Å². The van der Waals surface area contributed by atoms with Crippen LogP contribution in [0.25, 0.3) is 0 Å². The van der Waals surface area contributed by atoms with Crippen molar-refractivity contribution in [3.63, 3.8) is 0 Å². The molecule has 0 atom stereocenters. The van der Waals surface area contributed by atoms with Gasteiger partial charge in [-0.05, 0) is 11.6 Å². The summed E-state index contributed by atoms with van der Waals surface area (Å²) in [5.74, 6) is 0.512. The van der Waals surface area contributed by atoms with Gasteiger partial charge in [0.15, 0.2) is 6.61 Å². The molecule has 0 radical (unpaired) electrons. The van der Waals surface area contributed by atoms with Gasteiger partial charge in [-0.1, -0.05) is 30.3 Å². The number of carbonyl (C=O) groups excluding carboxylic acids is 1. The molecule has 1 aliphatic rings. The van der Waals surface area contributed by atoms with E-state index in [1.165, 1.54) is 0 Å². The van der Waals surface area contributed by atoms with E-state index in [9.17, 15) is 4.79 Å². The predicted octanol–water partition coefficient (Wildman–Crippen LogP) is 2.25. The highest BCUT2D eigenvalue weighted by atomic mass is 16.8. The number of benzene rings is 1. The number of ether oxygens (including phenoxy) is 3. The van der Waals surface area contributed by atoms with Crippen LogP contribution in [0.15, 0.2) is 42.2 Å². The third-order valence-corrected chi connectivity index (χ3v) is 2.09. The number of carbonyl (C=O) groups is 1. The van der Waals surface area contributed by atoms with Crippen LogP contribution in [-0.2, 0) is 20.8 Å². The summed E-state index contributed by atoms with van der Waals surface area (Å²) >= 11 is 0. The van der Waals surface area contributed by atoms with Crippen molar-refractivity contribution in [3.05, 3.63) is 47.7 Å². The fraction of sp³-hybridized carbons (Fsp3) is 0.250. The zero-order valence-corrected chi connectivity index (χ0v) is 8.72. The van der Waals surface area contributed by atoms with Gasteiger partial charge in [-0.3, -0.25) is 0 Å². The van der Waals surface area contributed by atoms with Crippen molar-refractivity contribution in [3.8, 4) is 0 Å². The maximum absolute atomic E-state index is 10.6. The normalized spacial score (nSPS) is 17.2. The fourth-order valence-corrected chi connectivity index (χ4v) is 1.30. The lowest BCUT2D eigenvalue weighted by molar-refractivity contribution is 0.134. The van der Waals surface area contributed by atoms with Crippen molar-refractivity contribution in [1.82, 2.24) is 0 Å². The molecule has 0 aromatic heterocycles. The first-order chi connectivity index (χ1) is 7.84. The van der Waals surface area contributed by atoms with Crippen LogP contribution in [0.2, 0.25) is 0 Å². The van der Waals surface area contributed by atoms with Crippen LogP contribution in [0, 0.1) is 0 Å². The summed E-state index contributed by atoms with van der Waals surface area (Å²) < 4.78 is 14.7. The van der Waals surface area contributed by atoms with E-state index >= 15 is 0 Å². The van der Waals surface area contributed by atoms with Gasteiger partial charge in [0.05, 0.1) is 13.2 Å². The molecule has 1 aromatic carbocycles. The van der Waals surface area contributed by atoms with E-state index in [2.05, 4.69) is 4.74 Å². The molecule has 16 heavy (non-hydrogen) atoms. The second kappa shape index (κ2) is 5.32. The molecule has 1 heterocycles. The Labute approximate surface area is 93.4 Å². The quantitative estimate of drug-likeness (QED) is 0.576. The van der Waals surface area contributed by atoms with Crippen molar-refractivity contribution in [2.24, 2.45) is 0 Å². The lowest BCUT2D eigenvalue weighted by Crippen LogP contribution is -1.95. The van der Waals surface area contributed by atoms with Gasteiger partial charge in [0.2, 0.25) is 0 Å². The highest BCUT2D eigenvalue weighted by Gasteiger charge is 2.17. The minimum Gasteiger partial charge on any atom is -0.426 e. The minimum atomic E-state index is -0.644. The maximum Gasteiger partial charge on any atom is 0.514 e. The molecule has 2 rings (SSSR count). The Kier molecular flexibility index (Phi) is 3.56. The number of hydrogen-bond donors (Lipinski definition) is 0. The molecule has 0 saturated carbocycles. The van der Waals surface area contributed by atoms with Crippen LogP contribution in [0.3, 0.4) is 0 Å². The zero-order valence-electron chi connectivity index (χ0n) is 8.72. The van der Waals surface area contributed by atoms with E-state index in [0.29, 0.717) is 19.0 Å². The summed E-state index contributed by atoms with van der Waals surface area (Å²) in [6, 6.07) is 9.87. The molecule has 0 amide bonds. The van der Waals surface area contributed by atoms with E-state index in [1.807, 2.05) is 30.3 Å². The summed E-state index contributed by atoms with van der Waals surface area (Å²) in [5.41, 5.74) is 1.11. The van der Waals surface area contributed by atoms with E-state index in [-0.39, 0.29) is 6.61 Å². The number of hydrogen-bond acceptors (Lipinski definition) is 4. The van der Waals surface area contributed by atoms with Crippen molar-refractivity contribution >= 4 is 6.16 Å². The van der Waals surface area contributed by atoms with Gasteiger partial charge in [-0.2, -0.15) is 0 Å². The Balaban J connectivity index is 1.71. The van der Waals surface area contributed by atoms with Crippen LogP contribution >= 0.6 is 0 Å². The first-order valence-corrected chi connectivity index (χ1v) is 5.00. The van der Waals surface area contributed by atoms with Crippen molar-refractivity contribution in [1.29, 1.82) is 0 Å².